The predicted octanol–water partition coefficient (Wildman–Crippen LogP) is 4.23. The van der Waals surface area contributed by atoms with Gasteiger partial charge < -0.3 is 5.32 Å². The minimum absolute atomic E-state index is 0.105. The van der Waals surface area contributed by atoms with Crippen molar-refractivity contribution in [2.45, 2.75) is 31.2 Å². The summed E-state index contributed by atoms with van der Waals surface area (Å²) in [5.74, 6) is -0.589. The van der Waals surface area contributed by atoms with Crippen LogP contribution in [0.3, 0.4) is 0 Å². The average molecular weight is 346 g/mol. The topological polar surface area (TPSA) is 58.2 Å². The van der Waals surface area contributed by atoms with Crippen LogP contribution in [-0.4, -0.2) is 14.0 Å². The van der Waals surface area contributed by atoms with E-state index in [1.54, 1.807) is 12.1 Å². The van der Waals surface area contributed by atoms with Gasteiger partial charge in [0.05, 0.1) is 10.4 Å². The zero-order valence-electron chi connectivity index (χ0n) is 13.7. The Kier molecular flexibility index (Phi) is 3.87. The van der Waals surface area contributed by atoms with E-state index in [0.29, 0.717) is 5.69 Å². The summed E-state index contributed by atoms with van der Waals surface area (Å²) in [6.45, 7) is 6.13. The van der Waals surface area contributed by atoms with Crippen molar-refractivity contribution in [3.8, 4) is 0 Å². The van der Waals surface area contributed by atoms with E-state index in [-0.39, 0.29) is 10.4 Å². The minimum atomic E-state index is -3.83. The Labute approximate surface area is 141 Å². The third kappa shape index (κ3) is 3.28. The smallest absolute Gasteiger partial charge is 0.261 e. The molecular formula is C18H19FN2O2S. The van der Waals surface area contributed by atoms with E-state index in [1.165, 1.54) is 18.2 Å². The van der Waals surface area contributed by atoms with E-state index in [4.69, 9.17) is 0 Å². The number of anilines is 2. The van der Waals surface area contributed by atoms with Crippen LogP contribution in [0.4, 0.5) is 15.8 Å². The molecule has 0 saturated carbocycles. The second kappa shape index (κ2) is 5.63. The summed E-state index contributed by atoms with van der Waals surface area (Å²) < 4.78 is 40.6. The van der Waals surface area contributed by atoms with E-state index in [2.05, 4.69) is 30.0 Å². The minimum Gasteiger partial charge on any atom is -0.376 e. The molecule has 0 spiro atoms. The van der Waals surface area contributed by atoms with Crippen LogP contribution < -0.4 is 10.0 Å². The number of sulfonamides is 1. The highest BCUT2D eigenvalue weighted by molar-refractivity contribution is 7.92. The Bertz CT molecular complexity index is 934. The summed E-state index contributed by atoms with van der Waals surface area (Å²) in [5.41, 5.74) is 3.25. The number of hydrogen-bond donors (Lipinski definition) is 2. The fourth-order valence-electron chi connectivity index (χ4n) is 2.89. The largest absolute Gasteiger partial charge is 0.376 e. The molecule has 1 heterocycles. The van der Waals surface area contributed by atoms with Crippen molar-refractivity contribution in [1.29, 1.82) is 0 Å². The summed E-state index contributed by atoms with van der Waals surface area (Å²) in [4.78, 5) is -0.105. The molecule has 0 aromatic heterocycles. The van der Waals surface area contributed by atoms with Gasteiger partial charge in [-0.25, -0.2) is 12.8 Å². The Morgan fingerprint density at radius 3 is 2.58 bits per heavy atom. The van der Waals surface area contributed by atoms with Crippen molar-refractivity contribution in [2.75, 3.05) is 10.0 Å². The Morgan fingerprint density at radius 1 is 1.12 bits per heavy atom. The molecule has 0 fully saturated rings. The maximum atomic E-state index is 13.3. The van der Waals surface area contributed by atoms with Crippen molar-refractivity contribution in [3.63, 3.8) is 0 Å². The van der Waals surface area contributed by atoms with Gasteiger partial charge in [-0.1, -0.05) is 12.1 Å². The summed E-state index contributed by atoms with van der Waals surface area (Å²) >= 11 is 0. The highest BCUT2D eigenvalue weighted by Gasteiger charge is 2.23. The van der Waals surface area contributed by atoms with Gasteiger partial charge in [-0.2, -0.15) is 0 Å². The lowest BCUT2D eigenvalue weighted by Crippen LogP contribution is -2.31. The molecule has 0 atom stereocenters. The van der Waals surface area contributed by atoms with Gasteiger partial charge >= 0.3 is 0 Å². The molecule has 0 radical (unpaired) electrons. The number of fused-ring (bicyclic) bond motifs is 1. The number of allylic oxidation sites excluding steroid dienone is 1. The Hall–Kier alpha value is -2.34. The van der Waals surface area contributed by atoms with E-state index in [9.17, 15) is 12.8 Å². The lowest BCUT2D eigenvalue weighted by atomic mass is 9.91. The molecule has 3 rings (SSSR count). The van der Waals surface area contributed by atoms with Crippen molar-refractivity contribution in [2.24, 2.45) is 0 Å². The zero-order chi connectivity index (χ0) is 17.5. The van der Waals surface area contributed by atoms with Crippen molar-refractivity contribution >= 4 is 27.0 Å². The first-order valence-corrected chi connectivity index (χ1v) is 9.05. The van der Waals surface area contributed by atoms with Gasteiger partial charge in [-0.3, -0.25) is 4.72 Å². The molecule has 1 aliphatic rings. The summed E-state index contributed by atoms with van der Waals surface area (Å²) in [6.07, 6.45) is 2.10. The van der Waals surface area contributed by atoms with Crippen LogP contribution >= 0.6 is 0 Å². The summed E-state index contributed by atoms with van der Waals surface area (Å²) in [5, 5.41) is 3.39. The summed E-state index contributed by atoms with van der Waals surface area (Å²) in [6, 6.07) is 10.2. The molecule has 6 heteroatoms. The van der Waals surface area contributed by atoms with Crippen LogP contribution in [0.25, 0.3) is 5.57 Å². The molecule has 4 nitrogen and oxygen atoms in total. The molecule has 0 saturated heterocycles. The quantitative estimate of drug-likeness (QED) is 0.874. The Balaban J connectivity index is 1.94. The van der Waals surface area contributed by atoms with Crippen LogP contribution in [0.5, 0.6) is 0 Å². The number of halogens is 1. The van der Waals surface area contributed by atoms with Crippen molar-refractivity contribution in [3.05, 3.63) is 59.9 Å². The number of rotatable bonds is 3. The third-order valence-electron chi connectivity index (χ3n) is 3.84. The van der Waals surface area contributed by atoms with E-state index < -0.39 is 15.8 Å². The first kappa shape index (κ1) is 16.5. The molecule has 0 bridgehead atoms. The van der Waals surface area contributed by atoms with Crippen LogP contribution in [0.1, 0.15) is 26.3 Å². The molecule has 2 aromatic carbocycles. The third-order valence-corrected chi connectivity index (χ3v) is 5.22. The maximum absolute atomic E-state index is 13.3. The van der Waals surface area contributed by atoms with Gasteiger partial charge in [-0.05, 0) is 62.7 Å². The first-order valence-electron chi connectivity index (χ1n) is 7.57. The molecule has 0 aliphatic carbocycles. The standard InChI is InChI=1S/C18H19FN2O2S/c1-12-11-18(2,3)20-17-8-7-14(10-16(12)17)21-24(22,23)15-6-4-5-13(19)9-15/h4-11,20-21H,1-3H3. The van der Waals surface area contributed by atoms with Crippen LogP contribution in [0, 0.1) is 5.82 Å². The summed E-state index contributed by atoms with van der Waals surface area (Å²) in [7, 11) is -3.83. The van der Waals surface area contributed by atoms with Crippen LogP contribution in [0.15, 0.2) is 53.4 Å². The lowest BCUT2D eigenvalue weighted by molar-refractivity contribution is 0.595. The van der Waals surface area contributed by atoms with Crippen molar-refractivity contribution in [1.82, 2.24) is 0 Å². The monoisotopic (exact) mass is 346 g/mol. The lowest BCUT2D eigenvalue weighted by Gasteiger charge is -2.31. The molecular weight excluding hydrogens is 327 g/mol. The fourth-order valence-corrected chi connectivity index (χ4v) is 3.97. The van der Waals surface area contributed by atoms with Crippen molar-refractivity contribution < 1.29 is 12.8 Å². The molecule has 0 amide bonds. The van der Waals surface area contributed by atoms with E-state index >= 15 is 0 Å². The van der Waals surface area contributed by atoms with Gasteiger partial charge in [0.15, 0.2) is 0 Å². The zero-order valence-corrected chi connectivity index (χ0v) is 14.5. The number of hydrogen-bond acceptors (Lipinski definition) is 3. The first-order chi connectivity index (χ1) is 11.2. The predicted molar refractivity (Wildman–Crippen MR) is 95.0 cm³/mol. The SMILES string of the molecule is CC1=CC(C)(C)Nc2ccc(NS(=O)(=O)c3cccc(F)c3)cc21. The van der Waals surface area contributed by atoms with Crippen LogP contribution in [-0.2, 0) is 10.0 Å². The maximum Gasteiger partial charge on any atom is 0.261 e. The molecule has 126 valence electrons. The van der Waals surface area contributed by atoms with Gasteiger partial charge in [0.1, 0.15) is 5.82 Å². The highest BCUT2D eigenvalue weighted by Crippen LogP contribution is 2.35. The molecule has 2 N–H and O–H groups in total. The number of nitrogens with one attached hydrogen (secondary N) is 2. The fraction of sp³-hybridized carbons (Fsp3) is 0.222. The normalized spacial score (nSPS) is 15.9. The van der Waals surface area contributed by atoms with Gasteiger partial charge in [0.25, 0.3) is 10.0 Å². The van der Waals surface area contributed by atoms with E-state index in [0.717, 1.165) is 22.9 Å². The van der Waals surface area contributed by atoms with E-state index in [1.807, 2.05) is 13.0 Å². The number of benzene rings is 2. The molecule has 24 heavy (non-hydrogen) atoms. The molecule has 2 aromatic rings. The second-order valence-electron chi connectivity index (χ2n) is 6.50. The van der Waals surface area contributed by atoms with Gasteiger partial charge in [-0.15, -0.1) is 0 Å². The highest BCUT2D eigenvalue weighted by atomic mass is 32.2. The molecule has 1 aliphatic heterocycles. The second-order valence-corrected chi connectivity index (χ2v) is 8.18. The average Bonchev–Trinajstić information content (AvgIpc) is 2.47. The van der Waals surface area contributed by atoms with Crippen LogP contribution in [0.2, 0.25) is 0 Å². The molecule has 0 unspecified atom stereocenters. The van der Waals surface area contributed by atoms with Gasteiger partial charge in [0, 0.05) is 16.9 Å². The van der Waals surface area contributed by atoms with Gasteiger partial charge in [0.2, 0.25) is 0 Å². The Morgan fingerprint density at radius 2 is 1.88 bits per heavy atom.